The summed E-state index contributed by atoms with van der Waals surface area (Å²) >= 11 is 0. The van der Waals surface area contributed by atoms with Crippen molar-refractivity contribution in [3.63, 3.8) is 0 Å². The van der Waals surface area contributed by atoms with E-state index < -0.39 is 32.5 Å². The van der Waals surface area contributed by atoms with Crippen molar-refractivity contribution in [1.82, 2.24) is 0 Å². The van der Waals surface area contributed by atoms with E-state index in [1.54, 1.807) is 0 Å². The largest absolute Gasteiger partial charge is 0.469 e. The minimum Gasteiger partial charge on any atom is -0.462 e. The molecule has 0 bridgehead atoms. The van der Waals surface area contributed by atoms with Gasteiger partial charge in [0.25, 0.3) is 0 Å². The quantitative estimate of drug-likeness (QED) is 0.0309. The molecular weight excluding hydrogens is 591 g/mol. The van der Waals surface area contributed by atoms with Crippen LogP contribution in [0.3, 0.4) is 0 Å². The van der Waals surface area contributed by atoms with Crippen LogP contribution in [0.25, 0.3) is 0 Å². The van der Waals surface area contributed by atoms with E-state index in [4.69, 9.17) is 19.3 Å². The van der Waals surface area contributed by atoms with Gasteiger partial charge in [0.15, 0.2) is 6.10 Å². The molecule has 1 atom stereocenters. The SMILES string of the molecule is CCCCCCCC/C=C/C/C=C/CCCCC(=O)O[C@H](COC(=O)CCCCCCCCCCCCCC)COP(=O)(O)O. The number of hydrogen-bond acceptors (Lipinski definition) is 6. The molecule has 0 aliphatic heterocycles. The van der Waals surface area contributed by atoms with E-state index in [9.17, 15) is 14.2 Å². The molecule has 0 amide bonds. The standard InChI is InChI=1S/C36H67O8P/c1-3-5-7-9-11-13-15-17-18-19-21-23-25-27-29-31-36(38)44-34(33-43-45(39,40)41)32-42-35(37)30-28-26-24-22-20-16-14-12-10-8-6-4-2/h17-18,21,23,34H,3-16,19-20,22,24-33H2,1-2H3,(H2,39,40,41)/b18-17+,23-21+/t34-/m1/s1. The fraction of sp³-hybridized carbons (Fsp3) is 0.833. The lowest BCUT2D eigenvalue weighted by Crippen LogP contribution is -2.29. The summed E-state index contributed by atoms with van der Waals surface area (Å²) in [5.74, 6) is -0.920. The molecule has 0 saturated heterocycles. The molecule has 0 heterocycles. The predicted molar refractivity (Wildman–Crippen MR) is 184 cm³/mol. The van der Waals surface area contributed by atoms with Crippen LogP contribution in [0.2, 0.25) is 0 Å². The molecular formula is C36H67O8P. The monoisotopic (exact) mass is 658 g/mol. The van der Waals surface area contributed by atoms with Crippen LogP contribution in [0.4, 0.5) is 0 Å². The van der Waals surface area contributed by atoms with Crippen molar-refractivity contribution in [3.05, 3.63) is 24.3 Å². The van der Waals surface area contributed by atoms with Crippen LogP contribution in [0, 0.1) is 0 Å². The van der Waals surface area contributed by atoms with Gasteiger partial charge in [0.2, 0.25) is 0 Å². The van der Waals surface area contributed by atoms with Crippen molar-refractivity contribution in [3.8, 4) is 0 Å². The minimum absolute atomic E-state index is 0.172. The Hall–Kier alpha value is -1.47. The third-order valence-electron chi connectivity index (χ3n) is 7.72. The Morgan fingerprint density at radius 1 is 0.578 bits per heavy atom. The van der Waals surface area contributed by atoms with Gasteiger partial charge in [-0.1, -0.05) is 141 Å². The van der Waals surface area contributed by atoms with Gasteiger partial charge >= 0.3 is 19.8 Å². The molecule has 8 nitrogen and oxygen atoms in total. The van der Waals surface area contributed by atoms with Crippen LogP contribution in [0.1, 0.15) is 174 Å². The molecule has 0 aliphatic carbocycles. The molecule has 0 saturated carbocycles. The summed E-state index contributed by atoms with van der Waals surface area (Å²) in [6, 6.07) is 0. The van der Waals surface area contributed by atoms with E-state index in [0.717, 1.165) is 44.9 Å². The zero-order chi connectivity index (χ0) is 33.3. The number of carbonyl (C=O) groups excluding carboxylic acids is 2. The highest BCUT2D eigenvalue weighted by Crippen LogP contribution is 2.36. The number of hydrogen-bond donors (Lipinski definition) is 2. The van der Waals surface area contributed by atoms with Crippen LogP contribution in [0.5, 0.6) is 0 Å². The maximum absolute atomic E-state index is 12.3. The highest BCUT2D eigenvalue weighted by atomic mass is 31.2. The van der Waals surface area contributed by atoms with Gasteiger partial charge in [-0.2, -0.15) is 0 Å². The molecule has 9 heteroatoms. The highest BCUT2D eigenvalue weighted by molar-refractivity contribution is 7.46. The predicted octanol–water partition coefficient (Wildman–Crippen LogP) is 10.5. The number of phosphoric ester groups is 1. The second-order valence-corrected chi connectivity index (χ2v) is 13.4. The summed E-state index contributed by atoms with van der Waals surface area (Å²) in [4.78, 5) is 42.6. The smallest absolute Gasteiger partial charge is 0.462 e. The summed E-state index contributed by atoms with van der Waals surface area (Å²) in [5, 5.41) is 0. The summed E-state index contributed by atoms with van der Waals surface area (Å²) in [6.07, 6.45) is 34.7. The van der Waals surface area contributed by atoms with Gasteiger partial charge in [-0.3, -0.25) is 14.1 Å². The normalized spacial score (nSPS) is 12.7. The van der Waals surface area contributed by atoms with E-state index in [1.165, 1.54) is 96.3 Å². The van der Waals surface area contributed by atoms with E-state index in [2.05, 4.69) is 42.7 Å². The number of ether oxygens (including phenoxy) is 2. The second-order valence-electron chi connectivity index (χ2n) is 12.2. The first-order chi connectivity index (χ1) is 21.8. The van der Waals surface area contributed by atoms with Gasteiger partial charge in [-0.25, -0.2) is 4.57 Å². The van der Waals surface area contributed by atoms with E-state index >= 15 is 0 Å². The van der Waals surface area contributed by atoms with Crippen molar-refractivity contribution >= 4 is 19.8 Å². The van der Waals surface area contributed by atoms with Crippen molar-refractivity contribution in [1.29, 1.82) is 0 Å². The number of allylic oxidation sites excluding steroid dienone is 4. The van der Waals surface area contributed by atoms with Crippen molar-refractivity contribution in [2.75, 3.05) is 13.2 Å². The second kappa shape index (κ2) is 32.5. The van der Waals surface area contributed by atoms with Gasteiger partial charge in [0.1, 0.15) is 6.61 Å². The zero-order valence-electron chi connectivity index (χ0n) is 28.8. The minimum atomic E-state index is -4.75. The molecule has 0 aromatic carbocycles. The third kappa shape index (κ3) is 35.2. The number of esters is 2. The van der Waals surface area contributed by atoms with Gasteiger partial charge in [-0.05, 0) is 44.9 Å². The van der Waals surface area contributed by atoms with Crippen molar-refractivity contribution < 1.29 is 37.9 Å². The summed E-state index contributed by atoms with van der Waals surface area (Å²) < 4.78 is 26.2. The topological polar surface area (TPSA) is 119 Å². The molecule has 0 aromatic heterocycles. The first kappa shape index (κ1) is 43.5. The van der Waals surface area contributed by atoms with Crippen LogP contribution in [0.15, 0.2) is 24.3 Å². The molecule has 0 aromatic rings. The fourth-order valence-electron chi connectivity index (χ4n) is 4.99. The fourth-order valence-corrected chi connectivity index (χ4v) is 5.35. The molecule has 0 fully saturated rings. The van der Waals surface area contributed by atoms with Crippen LogP contribution < -0.4 is 0 Å². The Balaban J connectivity index is 4.04. The molecule has 45 heavy (non-hydrogen) atoms. The average Bonchev–Trinajstić information content (AvgIpc) is 3.00. The molecule has 0 radical (unpaired) electrons. The van der Waals surface area contributed by atoms with E-state index in [-0.39, 0.29) is 19.4 Å². The number of phosphoric acid groups is 1. The number of carbonyl (C=O) groups is 2. The summed E-state index contributed by atoms with van der Waals surface area (Å²) in [5.41, 5.74) is 0. The Labute approximate surface area is 275 Å². The highest BCUT2D eigenvalue weighted by Gasteiger charge is 2.22. The Morgan fingerprint density at radius 2 is 1.00 bits per heavy atom. The molecule has 0 rings (SSSR count). The number of rotatable bonds is 33. The molecule has 264 valence electrons. The lowest BCUT2D eigenvalue weighted by atomic mass is 10.0. The van der Waals surface area contributed by atoms with Crippen molar-refractivity contribution in [2.24, 2.45) is 0 Å². The Morgan fingerprint density at radius 3 is 1.51 bits per heavy atom. The van der Waals surface area contributed by atoms with E-state index in [0.29, 0.717) is 6.42 Å². The molecule has 2 N–H and O–H groups in total. The third-order valence-corrected chi connectivity index (χ3v) is 8.21. The maximum Gasteiger partial charge on any atom is 0.469 e. The summed E-state index contributed by atoms with van der Waals surface area (Å²) in [6.45, 7) is 3.63. The lowest BCUT2D eigenvalue weighted by Gasteiger charge is -2.18. The molecule has 0 aliphatic rings. The summed E-state index contributed by atoms with van der Waals surface area (Å²) in [7, 11) is -4.75. The lowest BCUT2D eigenvalue weighted by molar-refractivity contribution is -0.161. The first-order valence-corrected chi connectivity index (χ1v) is 19.7. The van der Waals surface area contributed by atoms with E-state index in [1.807, 2.05) is 0 Å². The zero-order valence-corrected chi connectivity index (χ0v) is 29.7. The maximum atomic E-state index is 12.3. The number of unbranched alkanes of at least 4 members (excludes halogenated alkanes) is 19. The van der Waals surface area contributed by atoms with Crippen LogP contribution in [-0.4, -0.2) is 41.0 Å². The molecule has 0 unspecified atom stereocenters. The molecule has 0 spiro atoms. The van der Waals surface area contributed by atoms with Gasteiger partial charge < -0.3 is 19.3 Å². The van der Waals surface area contributed by atoms with Gasteiger partial charge in [0, 0.05) is 12.8 Å². The van der Waals surface area contributed by atoms with Gasteiger partial charge in [-0.15, -0.1) is 0 Å². The Kier molecular flexibility index (Phi) is 31.4. The van der Waals surface area contributed by atoms with Crippen LogP contribution >= 0.6 is 7.82 Å². The Bertz CT molecular complexity index is 792. The van der Waals surface area contributed by atoms with Gasteiger partial charge in [0.05, 0.1) is 6.61 Å². The van der Waals surface area contributed by atoms with Crippen molar-refractivity contribution in [2.45, 2.75) is 180 Å². The first-order valence-electron chi connectivity index (χ1n) is 18.1. The average molecular weight is 659 g/mol. The van der Waals surface area contributed by atoms with Crippen LogP contribution in [-0.2, 0) is 28.2 Å².